The van der Waals surface area contributed by atoms with Gasteiger partial charge in [0.05, 0.1) is 13.1 Å². The van der Waals surface area contributed by atoms with Crippen LogP contribution < -0.4 is 5.32 Å². The number of benzene rings is 1. The van der Waals surface area contributed by atoms with Crippen molar-refractivity contribution < 1.29 is 9.18 Å². The predicted octanol–water partition coefficient (Wildman–Crippen LogP) is 3.93. The van der Waals surface area contributed by atoms with Gasteiger partial charge in [0.25, 0.3) is 0 Å². The smallest absolute Gasteiger partial charge is 0.237 e. The van der Waals surface area contributed by atoms with Crippen molar-refractivity contribution in [3.8, 4) is 10.4 Å². The van der Waals surface area contributed by atoms with Crippen LogP contribution in [0, 0.1) is 5.82 Å². The molecule has 1 aromatic heterocycles. The van der Waals surface area contributed by atoms with Crippen molar-refractivity contribution in [2.45, 2.75) is 26.4 Å². The molecule has 2 rings (SSSR count). The van der Waals surface area contributed by atoms with E-state index in [0.29, 0.717) is 18.7 Å². The molecule has 1 amide bonds. The van der Waals surface area contributed by atoms with Gasteiger partial charge in [-0.05, 0) is 39.1 Å². The molecule has 0 spiro atoms. The number of halogens is 2. The summed E-state index contributed by atoms with van der Waals surface area (Å²) in [5.41, 5.74) is 0.608. The van der Waals surface area contributed by atoms with Gasteiger partial charge in [-0.3, -0.25) is 4.79 Å². The molecule has 0 saturated heterocycles. The zero-order chi connectivity index (χ0) is 16.1. The molecule has 0 atom stereocenters. The molecule has 0 saturated carbocycles. The minimum atomic E-state index is -0.220. The largest absolute Gasteiger partial charge is 0.334 e. The maximum absolute atomic E-state index is 13.8. The zero-order valence-corrected chi connectivity index (χ0v) is 15.1. The molecule has 1 aromatic carbocycles. The number of thiophene rings is 1. The number of hydrogen-bond donors (Lipinski definition) is 1. The lowest BCUT2D eigenvalue weighted by Crippen LogP contribution is -2.40. The molecule has 1 N–H and O–H groups in total. The van der Waals surface area contributed by atoms with E-state index >= 15 is 0 Å². The number of hydrogen-bond acceptors (Lipinski definition) is 3. The first-order chi connectivity index (χ1) is 10.5. The van der Waals surface area contributed by atoms with Crippen molar-refractivity contribution >= 4 is 29.7 Å². The number of likely N-dealkylation sites (N-methyl/N-ethyl adjacent to an activating group) is 1. The summed E-state index contributed by atoms with van der Waals surface area (Å²) in [6.45, 7) is 4.87. The highest BCUT2D eigenvalue weighted by atomic mass is 35.5. The molecule has 6 heteroatoms. The molecule has 126 valence electrons. The van der Waals surface area contributed by atoms with Gasteiger partial charge in [0.2, 0.25) is 5.91 Å². The van der Waals surface area contributed by atoms with E-state index in [4.69, 9.17) is 0 Å². The molecule has 0 bridgehead atoms. The topological polar surface area (TPSA) is 32.3 Å². The Hall–Kier alpha value is -1.43. The molecular weight excluding hydrogens is 335 g/mol. The second-order valence-corrected chi connectivity index (χ2v) is 6.56. The van der Waals surface area contributed by atoms with Gasteiger partial charge in [-0.15, -0.1) is 23.7 Å². The zero-order valence-electron chi connectivity index (χ0n) is 13.5. The van der Waals surface area contributed by atoms with Gasteiger partial charge < -0.3 is 10.2 Å². The average Bonchev–Trinajstić information content (AvgIpc) is 2.93. The summed E-state index contributed by atoms with van der Waals surface area (Å²) in [6.07, 6.45) is 0. The van der Waals surface area contributed by atoms with Gasteiger partial charge in [0, 0.05) is 21.4 Å². The van der Waals surface area contributed by atoms with E-state index in [9.17, 15) is 9.18 Å². The number of amides is 1. The van der Waals surface area contributed by atoms with Gasteiger partial charge in [0.15, 0.2) is 0 Å². The fourth-order valence-electron chi connectivity index (χ4n) is 2.25. The van der Waals surface area contributed by atoms with Crippen molar-refractivity contribution in [3.05, 3.63) is 47.1 Å². The van der Waals surface area contributed by atoms with Crippen molar-refractivity contribution in [2.24, 2.45) is 0 Å². The van der Waals surface area contributed by atoms with Crippen molar-refractivity contribution in [3.63, 3.8) is 0 Å². The Balaban J connectivity index is 0.00000264. The number of nitrogens with one attached hydrogen (secondary N) is 1. The quantitative estimate of drug-likeness (QED) is 0.850. The molecule has 23 heavy (non-hydrogen) atoms. The van der Waals surface area contributed by atoms with Crippen LogP contribution in [0.3, 0.4) is 0 Å². The third-order valence-electron chi connectivity index (χ3n) is 3.40. The monoisotopic (exact) mass is 356 g/mol. The van der Waals surface area contributed by atoms with Gasteiger partial charge in [-0.2, -0.15) is 0 Å². The van der Waals surface area contributed by atoms with Crippen molar-refractivity contribution in [1.29, 1.82) is 0 Å². The number of carbonyl (C=O) groups is 1. The van der Waals surface area contributed by atoms with Crippen LogP contribution in [0.25, 0.3) is 10.4 Å². The highest BCUT2D eigenvalue weighted by molar-refractivity contribution is 7.15. The van der Waals surface area contributed by atoms with E-state index in [-0.39, 0.29) is 30.2 Å². The van der Waals surface area contributed by atoms with E-state index < -0.39 is 0 Å². The first kappa shape index (κ1) is 19.6. The maximum atomic E-state index is 13.8. The summed E-state index contributed by atoms with van der Waals surface area (Å²) in [7, 11) is 1.76. The van der Waals surface area contributed by atoms with Crippen LogP contribution >= 0.6 is 23.7 Å². The van der Waals surface area contributed by atoms with Crippen LogP contribution in [-0.2, 0) is 11.3 Å². The van der Waals surface area contributed by atoms with Gasteiger partial charge in [-0.25, -0.2) is 4.39 Å². The first-order valence-electron chi connectivity index (χ1n) is 7.30. The lowest BCUT2D eigenvalue weighted by molar-refractivity contribution is -0.132. The molecule has 0 aliphatic rings. The molecule has 2 aromatic rings. The normalized spacial score (nSPS) is 10.5. The van der Waals surface area contributed by atoms with Crippen LogP contribution in [0.4, 0.5) is 4.39 Å². The number of rotatable bonds is 6. The van der Waals surface area contributed by atoms with E-state index in [0.717, 1.165) is 9.75 Å². The molecule has 0 radical (unpaired) electrons. The number of nitrogens with zero attached hydrogens (tertiary/aromatic N) is 1. The van der Waals surface area contributed by atoms with E-state index in [2.05, 4.69) is 5.32 Å². The SMILES string of the molecule is CNCC(=O)N(Cc1ccc(-c2ccccc2F)s1)C(C)C.Cl. The fraction of sp³-hybridized carbons (Fsp3) is 0.353. The predicted molar refractivity (Wildman–Crippen MR) is 96.6 cm³/mol. The highest BCUT2D eigenvalue weighted by Crippen LogP contribution is 2.30. The minimum Gasteiger partial charge on any atom is -0.334 e. The molecule has 0 aliphatic heterocycles. The van der Waals surface area contributed by atoms with Gasteiger partial charge >= 0.3 is 0 Å². The third kappa shape index (κ3) is 5.03. The first-order valence-corrected chi connectivity index (χ1v) is 8.12. The molecule has 3 nitrogen and oxygen atoms in total. The standard InChI is InChI=1S/C17H21FN2OS.ClH/c1-12(2)20(17(21)10-19-3)11-13-8-9-16(22-13)14-6-4-5-7-15(14)18;/h4-9,12,19H,10-11H2,1-3H3;1H. The maximum Gasteiger partial charge on any atom is 0.237 e. The van der Waals surface area contributed by atoms with Crippen LogP contribution in [0.5, 0.6) is 0 Å². The molecule has 0 aliphatic carbocycles. The Morgan fingerprint density at radius 1 is 1.26 bits per heavy atom. The Morgan fingerprint density at radius 3 is 2.57 bits per heavy atom. The van der Waals surface area contributed by atoms with Crippen LogP contribution in [-0.4, -0.2) is 30.4 Å². The van der Waals surface area contributed by atoms with Crippen molar-refractivity contribution in [1.82, 2.24) is 10.2 Å². The van der Waals surface area contributed by atoms with Crippen LogP contribution in [0.1, 0.15) is 18.7 Å². The minimum absolute atomic E-state index is 0. The highest BCUT2D eigenvalue weighted by Gasteiger charge is 2.18. The third-order valence-corrected chi connectivity index (χ3v) is 4.50. The summed E-state index contributed by atoms with van der Waals surface area (Å²) in [6, 6.07) is 10.8. The lowest BCUT2D eigenvalue weighted by atomic mass is 10.2. The summed E-state index contributed by atoms with van der Waals surface area (Å²) in [4.78, 5) is 15.9. The fourth-order valence-corrected chi connectivity index (χ4v) is 3.28. The Kier molecular flexibility index (Phi) is 7.68. The Morgan fingerprint density at radius 2 is 1.96 bits per heavy atom. The summed E-state index contributed by atoms with van der Waals surface area (Å²) in [5, 5.41) is 2.89. The second-order valence-electron chi connectivity index (χ2n) is 5.39. The molecule has 0 fully saturated rings. The second kappa shape index (κ2) is 9.01. The Bertz CT molecular complexity index is 645. The van der Waals surface area contributed by atoms with E-state index in [1.54, 1.807) is 19.2 Å². The van der Waals surface area contributed by atoms with Gasteiger partial charge in [-0.1, -0.05) is 18.2 Å². The lowest BCUT2D eigenvalue weighted by Gasteiger charge is -2.26. The molecular formula is C17H22ClFN2OS. The van der Waals surface area contributed by atoms with Crippen LogP contribution in [0.2, 0.25) is 0 Å². The van der Waals surface area contributed by atoms with Crippen molar-refractivity contribution in [2.75, 3.05) is 13.6 Å². The molecule has 0 unspecified atom stereocenters. The van der Waals surface area contributed by atoms with E-state index in [1.807, 2.05) is 36.9 Å². The van der Waals surface area contributed by atoms with E-state index in [1.165, 1.54) is 17.4 Å². The summed E-state index contributed by atoms with van der Waals surface area (Å²) >= 11 is 1.53. The summed E-state index contributed by atoms with van der Waals surface area (Å²) in [5.74, 6) is -0.152. The van der Waals surface area contributed by atoms with Crippen LogP contribution in [0.15, 0.2) is 36.4 Å². The summed E-state index contributed by atoms with van der Waals surface area (Å²) < 4.78 is 13.8. The van der Waals surface area contributed by atoms with Gasteiger partial charge in [0.1, 0.15) is 5.82 Å². The molecule has 1 heterocycles. The Labute approximate surface area is 146 Å². The average molecular weight is 357 g/mol. The number of carbonyl (C=O) groups excluding carboxylic acids is 1.